The van der Waals surface area contributed by atoms with Gasteiger partial charge in [-0.15, -0.1) is 11.8 Å². The molecule has 1 aromatic heterocycles. The molecule has 0 radical (unpaired) electrons. The molecule has 1 fully saturated rings. The topological polar surface area (TPSA) is 56.6 Å². The number of nitrogens with zero attached hydrogens (tertiary/aromatic N) is 3. The molecule has 2 heterocycles. The van der Waals surface area contributed by atoms with E-state index in [-0.39, 0.29) is 17.4 Å². The summed E-state index contributed by atoms with van der Waals surface area (Å²) in [4.78, 5) is 17.9. The molecular weight excluding hydrogens is 290 g/mol. The van der Waals surface area contributed by atoms with E-state index in [4.69, 9.17) is 9.47 Å². The molecular formula is C14H23N3O3S. The van der Waals surface area contributed by atoms with Crippen LogP contribution in [0.1, 0.15) is 20.1 Å². The highest BCUT2D eigenvalue weighted by molar-refractivity contribution is 8.00. The molecule has 0 aliphatic carbocycles. The van der Waals surface area contributed by atoms with Crippen molar-refractivity contribution in [2.24, 2.45) is 5.92 Å². The summed E-state index contributed by atoms with van der Waals surface area (Å²) in [5.41, 5.74) is -0.301. The van der Waals surface area contributed by atoms with E-state index < -0.39 is 0 Å². The molecule has 0 saturated carbocycles. The minimum Gasteiger partial charge on any atom is -0.378 e. The monoisotopic (exact) mass is 313 g/mol. The van der Waals surface area contributed by atoms with E-state index in [1.54, 1.807) is 27.4 Å². The molecule has 1 aliphatic rings. The molecule has 0 aromatic carbocycles. The van der Waals surface area contributed by atoms with Gasteiger partial charge in [0.2, 0.25) is 0 Å². The van der Waals surface area contributed by atoms with Crippen LogP contribution in [0.15, 0.2) is 17.1 Å². The van der Waals surface area contributed by atoms with Crippen molar-refractivity contribution in [2.45, 2.75) is 25.5 Å². The molecule has 1 saturated heterocycles. The fraction of sp³-hybridized carbons (Fsp3) is 0.714. The molecule has 2 atom stereocenters. The van der Waals surface area contributed by atoms with Crippen LogP contribution in [0.4, 0.5) is 5.82 Å². The van der Waals surface area contributed by atoms with Crippen molar-refractivity contribution in [2.75, 3.05) is 38.0 Å². The molecule has 1 aromatic rings. The Morgan fingerprint density at radius 2 is 2.33 bits per heavy atom. The van der Waals surface area contributed by atoms with Crippen LogP contribution >= 0.6 is 11.8 Å². The zero-order chi connectivity index (χ0) is 15.4. The second kappa shape index (κ2) is 7.29. The van der Waals surface area contributed by atoms with E-state index in [9.17, 15) is 4.79 Å². The first kappa shape index (κ1) is 16.3. The summed E-state index contributed by atoms with van der Waals surface area (Å²) in [5, 5.41) is 0. The summed E-state index contributed by atoms with van der Waals surface area (Å²) >= 11 is 1.67. The summed E-state index contributed by atoms with van der Waals surface area (Å²) < 4.78 is 13.0. The number of hydrogen-bond acceptors (Lipinski definition) is 6. The fourth-order valence-electron chi connectivity index (χ4n) is 1.95. The molecule has 0 amide bonds. The number of ether oxygens (including phenoxy) is 2. The third-order valence-corrected chi connectivity index (χ3v) is 4.12. The maximum Gasteiger partial charge on any atom is 0.351 e. The van der Waals surface area contributed by atoms with Crippen LogP contribution in [-0.2, 0) is 9.47 Å². The first-order chi connectivity index (χ1) is 9.97. The molecule has 2 rings (SSSR count). The Morgan fingerprint density at radius 1 is 1.57 bits per heavy atom. The predicted molar refractivity (Wildman–Crippen MR) is 84.8 cm³/mol. The van der Waals surface area contributed by atoms with Crippen molar-refractivity contribution in [3.05, 3.63) is 22.7 Å². The van der Waals surface area contributed by atoms with Gasteiger partial charge in [0.05, 0.1) is 6.61 Å². The zero-order valence-corrected chi connectivity index (χ0v) is 13.8. The van der Waals surface area contributed by atoms with E-state index >= 15 is 0 Å². The molecule has 0 N–H and O–H groups in total. The molecule has 0 spiro atoms. The number of anilines is 1. The van der Waals surface area contributed by atoms with Gasteiger partial charge in [-0.1, -0.05) is 13.8 Å². The molecule has 7 heteroatoms. The van der Waals surface area contributed by atoms with Crippen molar-refractivity contribution < 1.29 is 9.47 Å². The first-order valence-electron chi connectivity index (χ1n) is 7.08. The molecule has 118 valence electrons. The maximum absolute atomic E-state index is 12.0. The number of thioether (sulfide) groups is 1. The maximum atomic E-state index is 12.0. The Labute approximate surface area is 129 Å². The van der Waals surface area contributed by atoms with Gasteiger partial charge in [-0.25, -0.2) is 4.79 Å². The summed E-state index contributed by atoms with van der Waals surface area (Å²) in [6, 6.07) is 1.82. The highest BCUT2D eigenvalue weighted by Crippen LogP contribution is 2.31. The van der Waals surface area contributed by atoms with E-state index in [0.717, 1.165) is 12.4 Å². The molecule has 1 unspecified atom stereocenters. The second-order valence-electron chi connectivity index (χ2n) is 5.65. The lowest BCUT2D eigenvalue weighted by Gasteiger charge is -2.17. The summed E-state index contributed by atoms with van der Waals surface area (Å²) in [5.74, 6) is 1.90. The van der Waals surface area contributed by atoms with Gasteiger partial charge in [0, 0.05) is 32.7 Å². The van der Waals surface area contributed by atoms with Crippen LogP contribution in [-0.4, -0.2) is 48.0 Å². The normalized spacial score (nSPS) is 22.0. The summed E-state index contributed by atoms with van der Waals surface area (Å²) in [6.07, 6.45) is 1.48. The highest BCUT2D eigenvalue weighted by Gasteiger charge is 2.28. The van der Waals surface area contributed by atoms with Gasteiger partial charge in [0.1, 0.15) is 17.5 Å². The fourth-order valence-corrected chi connectivity index (χ4v) is 2.97. The number of aromatic nitrogens is 2. The first-order valence-corrected chi connectivity index (χ1v) is 8.13. The number of hydrogen-bond donors (Lipinski definition) is 0. The van der Waals surface area contributed by atoms with Crippen molar-refractivity contribution in [3.8, 4) is 0 Å². The average Bonchev–Trinajstić information content (AvgIpc) is 2.86. The van der Waals surface area contributed by atoms with E-state index in [2.05, 4.69) is 18.8 Å². The van der Waals surface area contributed by atoms with Crippen molar-refractivity contribution in [1.82, 2.24) is 9.55 Å². The third kappa shape index (κ3) is 4.46. The second-order valence-corrected chi connectivity index (χ2v) is 6.85. The third-order valence-electron chi connectivity index (χ3n) is 3.02. The van der Waals surface area contributed by atoms with Crippen molar-refractivity contribution >= 4 is 17.6 Å². The molecule has 21 heavy (non-hydrogen) atoms. The van der Waals surface area contributed by atoms with Gasteiger partial charge in [-0.2, -0.15) is 4.98 Å². The Balaban J connectivity index is 1.93. The van der Waals surface area contributed by atoms with Crippen molar-refractivity contribution in [1.29, 1.82) is 0 Å². The van der Waals surface area contributed by atoms with Gasteiger partial charge in [0.15, 0.2) is 0 Å². The summed E-state index contributed by atoms with van der Waals surface area (Å²) in [6.45, 7) is 5.51. The minimum absolute atomic E-state index is 0.0193. The van der Waals surface area contributed by atoms with E-state index in [1.807, 2.05) is 20.2 Å². The zero-order valence-electron chi connectivity index (χ0n) is 13.0. The lowest BCUT2D eigenvalue weighted by Crippen LogP contribution is -2.30. The van der Waals surface area contributed by atoms with E-state index in [1.165, 1.54) is 0 Å². The predicted octanol–water partition coefficient (Wildman–Crippen LogP) is 1.57. The Morgan fingerprint density at radius 3 is 2.95 bits per heavy atom. The van der Waals surface area contributed by atoms with Crippen LogP contribution in [0.25, 0.3) is 0 Å². The van der Waals surface area contributed by atoms with E-state index in [0.29, 0.717) is 18.3 Å². The van der Waals surface area contributed by atoms with Gasteiger partial charge in [0.25, 0.3) is 0 Å². The van der Waals surface area contributed by atoms with Crippen LogP contribution in [0, 0.1) is 5.92 Å². The Hall–Kier alpha value is -1.05. The minimum atomic E-state index is -0.282. The van der Waals surface area contributed by atoms with Crippen LogP contribution < -0.4 is 10.6 Å². The van der Waals surface area contributed by atoms with Crippen molar-refractivity contribution in [3.63, 3.8) is 0 Å². The van der Waals surface area contributed by atoms with Crippen LogP contribution in [0.5, 0.6) is 0 Å². The quantitative estimate of drug-likeness (QED) is 0.794. The van der Waals surface area contributed by atoms with Gasteiger partial charge < -0.3 is 14.4 Å². The average molecular weight is 313 g/mol. The standard InChI is InChI=1S/C14H23N3O3S/c1-10(2)7-19-8-13-20-12(9-21-13)17-6-5-11(16(3)4)15-14(17)18/h5-6,10,12-13H,7-9H2,1-4H3/t12-,13?/m1/s1. The SMILES string of the molecule is CC(C)COCC1O[C@@H](n2ccc(N(C)C)nc2=O)CS1. The number of rotatable bonds is 6. The largest absolute Gasteiger partial charge is 0.378 e. The Bertz CT molecular complexity index is 518. The van der Waals surface area contributed by atoms with Gasteiger partial charge in [-0.05, 0) is 12.0 Å². The Kier molecular flexibility index (Phi) is 5.66. The van der Waals surface area contributed by atoms with Gasteiger partial charge in [-0.3, -0.25) is 4.57 Å². The van der Waals surface area contributed by atoms with Crippen LogP contribution in [0.3, 0.4) is 0 Å². The molecule has 1 aliphatic heterocycles. The lowest BCUT2D eigenvalue weighted by molar-refractivity contribution is -0.0286. The van der Waals surface area contributed by atoms with Crippen LogP contribution in [0.2, 0.25) is 0 Å². The summed E-state index contributed by atoms with van der Waals surface area (Å²) in [7, 11) is 3.71. The highest BCUT2D eigenvalue weighted by atomic mass is 32.2. The van der Waals surface area contributed by atoms with Gasteiger partial charge >= 0.3 is 5.69 Å². The molecule has 0 bridgehead atoms. The molecule has 6 nitrogen and oxygen atoms in total. The lowest BCUT2D eigenvalue weighted by atomic mass is 10.2. The smallest absolute Gasteiger partial charge is 0.351 e.